The van der Waals surface area contributed by atoms with E-state index in [0.717, 1.165) is 18.9 Å². The minimum atomic E-state index is -0.494. The molecule has 1 aromatic carbocycles. The van der Waals surface area contributed by atoms with Crippen LogP contribution in [0, 0.1) is 11.2 Å². The van der Waals surface area contributed by atoms with Gasteiger partial charge in [0.05, 0.1) is 6.54 Å². The van der Waals surface area contributed by atoms with E-state index in [1.54, 1.807) is 0 Å². The van der Waals surface area contributed by atoms with E-state index in [1.807, 2.05) is 0 Å². The van der Waals surface area contributed by atoms with E-state index in [4.69, 9.17) is 5.11 Å². The Morgan fingerprint density at radius 3 is 2.67 bits per heavy atom. The SMILES string of the molecule is O=C(CNC(=O)c1cccc(F)c1)NCC1(CCO)CC1. The maximum atomic E-state index is 13.0. The molecule has 2 amide bonds. The number of aliphatic hydroxyl groups is 1. The third-order valence-corrected chi connectivity index (χ3v) is 3.76. The van der Waals surface area contributed by atoms with Crippen molar-refractivity contribution in [1.29, 1.82) is 0 Å². The van der Waals surface area contributed by atoms with Crippen molar-refractivity contribution < 1.29 is 19.1 Å². The van der Waals surface area contributed by atoms with E-state index >= 15 is 0 Å². The molecule has 3 N–H and O–H groups in total. The van der Waals surface area contributed by atoms with Crippen LogP contribution in [0.25, 0.3) is 0 Å². The summed E-state index contributed by atoms with van der Waals surface area (Å²) in [5, 5.41) is 14.1. The van der Waals surface area contributed by atoms with Crippen LogP contribution >= 0.6 is 0 Å². The zero-order valence-electron chi connectivity index (χ0n) is 11.7. The van der Waals surface area contributed by atoms with E-state index in [0.29, 0.717) is 13.0 Å². The lowest BCUT2D eigenvalue weighted by Crippen LogP contribution is -2.39. The summed E-state index contributed by atoms with van der Waals surface area (Å²) in [5.74, 6) is -1.27. The second-order valence-electron chi connectivity index (χ2n) is 5.44. The predicted octanol–water partition coefficient (Wildman–Crippen LogP) is 0.834. The molecule has 0 radical (unpaired) electrons. The lowest BCUT2D eigenvalue weighted by atomic mass is 10.0. The van der Waals surface area contributed by atoms with E-state index in [9.17, 15) is 14.0 Å². The van der Waals surface area contributed by atoms with E-state index < -0.39 is 11.7 Å². The number of rotatable bonds is 7. The minimum absolute atomic E-state index is 0.0387. The van der Waals surface area contributed by atoms with Crippen molar-refractivity contribution in [3.05, 3.63) is 35.6 Å². The molecule has 0 atom stereocenters. The summed E-state index contributed by atoms with van der Waals surface area (Å²) < 4.78 is 13.0. The fourth-order valence-electron chi connectivity index (χ4n) is 2.17. The standard InChI is InChI=1S/C15H19FN2O3/c16-12-3-1-2-11(8-12)14(21)17-9-13(20)18-10-15(4-5-15)6-7-19/h1-3,8,19H,4-7,9-10H2,(H,17,21)(H,18,20). The first-order valence-electron chi connectivity index (χ1n) is 6.96. The third kappa shape index (κ3) is 4.53. The molecule has 2 rings (SSSR count). The van der Waals surface area contributed by atoms with Gasteiger partial charge in [0.25, 0.3) is 5.91 Å². The molecule has 1 aliphatic rings. The number of amides is 2. The van der Waals surface area contributed by atoms with Crippen LogP contribution in [0.5, 0.6) is 0 Å². The number of carbonyl (C=O) groups is 2. The smallest absolute Gasteiger partial charge is 0.251 e. The largest absolute Gasteiger partial charge is 0.396 e. The van der Waals surface area contributed by atoms with Crippen LogP contribution in [0.3, 0.4) is 0 Å². The quantitative estimate of drug-likeness (QED) is 0.697. The Labute approximate surface area is 122 Å². The first-order valence-corrected chi connectivity index (χ1v) is 6.96. The Morgan fingerprint density at radius 1 is 1.29 bits per heavy atom. The Morgan fingerprint density at radius 2 is 2.05 bits per heavy atom. The van der Waals surface area contributed by atoms with Gasteiger partial charge in [0.15, 0.2) is 0 Å². The summed E-state index contributed by atoms with van der Waals surface area (Å²) in [6.07, 6.45) is 2.69. The number of carbonyl (C=O) groups excluding carboxylic acids is 2. The van der Waals surface area contributed by atoms with Crippen molar-refractivity contribution >= 4 is 11.8 Å². The first kappa shape index (κ1) is 15.4. The lowest BCUT2D eigenvalue weighted by molar-refractivity contribution is -0.120. The average molecular weight is 294 g/mol. The maximum Gasteiger partial charge on any atom is 0.251 e. The minimum Gasteiger partial charge on any atom is -0.396 e. The van der Waals surface area contributed by atoms with Gasteiger partial charge in [-0.3, -0.25) is 9.59 Å². The molecule has 0 aromatic heterocycles. The van der Waals surface area contributed by atoms with Gasteiger partial charge >= 0.3 is 0 Å². The molecule has 21 heavy (non-hydrogen) atoms. The molecule has 1 aromatic rings. The fraction of sp³-hybridized carbons (Fsp3) is 0.467. The second-order valence-corrected chi connectivity index (χ2v) is 5.44. The summed E-state index contributed by atoms with van der Waals surface area (Å²) in [4.78, 5) is 23.4. The monoisotopic (exact) mass is 294 g/mol. The highest BCUT2D eigenvalue weighted by Crippen LogP contribution is 2.47. The van der Waals surface area contributed by atoms with Crippen LogP contribution in [-0.2, 0) is 4.79 Å². The van der Waals surface area contributed by atoms with Gasteiger partial charge in [-0.1, -0.05) is 6.07 Å². The number of halogens is 1. The van der Waals surface area contributed by atoms with Crippen LogP contribution in [0.1, 0.15) is 29.6 Å². The lowest BCUT2D eigenvalue weighted by Gasteiger charge is -2.14. The number of hydrogen-bond acceptors (Lipinski definition) is 3. The van der Waals surface area contributed by atoms with Gasteiger partial charge in [-0.15, -0.1) is 0 Å². The fourth-order valence-corrected chi connectivity index (χ4v) is 2.17. The van der Waals surface area contributed by atoms with Crippen molar-refractivity contribution in [3.8, 4) is 0 Å². The summed E-state index contributed by atoms with van der Waals surface area (Å²) in [7, 11) is 0. The third-order valence-electron chi connectivity index (χ3n) is 3.76. The second kappa shape index (κ2) is 6.67. The normalized spacial score (nSPS) is 15.3. The molecule has 1 saturated carbocycles. The van der Waals surface area contributed by atoms with Crippen LogP contribution in [-0.4, -0.2) is 36.6 Å². The van der Waals surface area contributed by atoms with Gasteiger partial charge in [0, 0.05) is 18.7 Å². The summed E-state index contributed by atoms with van der Waals surface area (Å²) in [5.41, 5.74) is 0.221. The van der Waals surface area contributed by atoms with Crippen molar-refractivity contribution in [2.45, 2.75) is 19.3 Å². The zero-order valence-corrected chi connectivity index (χ0v) is 11.7. The summed E-state index contributed by atoms with van der Waals surface area (Å²) in [6.45, 7) is 0.485. The number of nitrogens with one attached hydrogen (secondary N) is 2. The van der Waals surface area contributed by atoms with Crippen molar-refractivity contribution in [2.75, 3.05) is 19.7 Å². The highest BCUT2D eigenvalue weighted by atomic mass is 19.1. The van der Waals surface area contributed by atoms with E-state index in [1.165, 1.54) is 18.2 Å². The Hall–Kier alpha value is -1.95. The molecule has 1 aliphatic carbocycles. The molecule has 1 fully saturated rings. The Bertz CT molecular complexity index is 529. The van der Waals surface area contributed by atoms with Gasteiger partial charge in [0.2, 0.25) is 5.91 Å². The first-order chi connectivity index (χ1) is 10.0. The molecule has 0 bridgehead atoms. The molecule has 0 spiro atoms. The Balaban J connectivity index is 1.73. The van der Waals surface area contributed by atoms with Crippen LogP contribution in [0.4, 0.5) is 4.39 Å². The van der Waals surface area contributed by atoms with Crippen LogP contribution in [0.15, 0.2) is 24.3 Å². The zero-order chi connectivity index (χ0) is 15.3. The number of hydrogen-bond donors (Lipinski definition) is 3. The van der Waals surface area contributed by atoms with Gasteiger partial charge in [-0.2, -0.15) is 0 Å². The topological polar surface area (TPSA) is 78.4 Å². The Kier molecular flexibility index (Phi) is 4.90. The highest BCUT2D eigenvalue weighted by Gasteiger charge is 2.41. The van der Waals surface area contributed by atoms with Crippen LogP contribution < -0.4 is 10.6 Å². The molecule has 114 valence electrons. The predicted molar refractivity (Wildman–Crippen MR) is 75.1 cm³/mol. The highest BCUT2D eigenvalue weighted by molar-refractivity contribution is 5.96. The van der Waals surface area contributed by atoms with Crippen molar-refractivity contribution in [2.24, 2.45) is 5.41 Å². The van der Waals surface area contributed by atoms with Gasteiger partial charge in [-0.05, 0) is 42.9 Å². The number of aliphatic hydroxyl groups excluding tert-OH is 1. The van der Waals surface area contributed by atoms with Crippen molar-refractivity contribution in [3.63, 3.8) is 0 Å². The van der Waals surface area contributed by atoms with Gasteiger partial charge in [-0.25, -0.2) is 4.39 Å². The molecule has 0 saturated heterocycles. The maximum absolute atomic E-state index is 13.0. The van der Waals surface area contributed by atoms with Crippen molar-refractivity contribution in [1.82, 2.24) is 10.6 Å². The molecule has 0 heterocycles. The molecule has 6 heteroatoms. The van der Waals surface area contributed by atoms with Gasteiger partial charge < -0.3 is 15.7 Å². The molecular weight excluding hydrogens is 275 g/mol. The molecule has 0 unspecified atom stereocenters. The molecular formula is C15H19FN2O3. The van der Waals surface area contributed by atoms with Gasteiger partial charge in [0.1, 0.15) is 5.82 Å². The van der Waals surface area contributed by atoms with E-state index in [2.05, 4.69) is 10.6 Å². The average Bonchev–Trinajstić information content (AvgIpc) is 3.23. The van der Waals surface area contributed by atoms with E-state index in [-0.39, 0.29) is 30.0 Å². The molecule has 5 nitrogen and oxygen atoms in total. The number of benzene rings is 1. The summed E-state index contributed by atoms with van der Waals surface area (Å²) in [6, 6.07) is 5.29. The molecule has 0 aliphatic heterocycles. The van der Waals surface area contributed by atoms with Crippen LogP contribution in [0.2, 0.25) is 0 Å². The summed E-state index contributed by atoms with van der Waals surface area (Å²) >= 11 is 0.